The van der Waals surface area contributed by atoms with Gasteiger partial charge in [0.05, 0.1) is 18.6 Å². The summed E-state index contributed by atoms with van der Waals surface area (Å²) < 4.78 is 3.76. The molecule has 0 saturated carbocycles. The highest BCUT2D eigenvalue weighted by atomic mass is 16.2. The van der Waals surface area contributed by atoms with Gasteiger partial charge in [-0.1, -0.05) is 36.4 Å². The van der Waals surface area contributed by atoms with Gasteiger partial charge in [0.1, 0.15) is 17.7 Å². The van der Waals surface area contributed by atoms with Gasteiger partial charge in [0.2, 0.25) is 5.91 Å². The van der Waals surface area contributed by atoms with E-state index in [0.29, 0.717) is 24.7 Å². The van der Waals surface area contributed by atoms with Crippen molar-refractivity contribution in [1.82, 2.24) is 34.6 Å². The van der Waals surface area contributed by atoms with Crippen LogP contribution in [-0.4, -0.2) is 61.9 Å². The number of hydrogen-bond donors (Lipinski definition) is 3. The topological polar surface area (TPSA) is 132 Å². The summed E-state index contributed by atoms with van der Waals surface area (Å²) >= 11 is 0. The largest absolute Gasteiger partial charge is 0.383 e. The second kappa shape index (κ2) is 9.79. The number of rotatable bonds is 6. The van der Waals surface area contributed by atoms with Crippen molar-refractivity contribution >= 4 is 34.0 Å². The predicted molar refractivity (Wildman–Crippen MR) is 149 cm³/mol. The lowest BCUT2D eigenvalue weighted by molar-refractivity contribution is -0.131. The molecule has 5 aromatic rings. The Morgan fingerprint density at radius 2 is 1.87 bits per heavy atom. The van der Waals surface area contributed by atoms with Crippen LogP contribution < -0.4 is 16.8 Å². The number of nitrogen functional groups attached to an aromatic ring is 2. The van der Waals surface area contributed by atoms with Crippen LogP contribution in [-0.2, 0) is 11.3 Å². The summed E-state index contributed by atoms with van der Waals surface area (Å²) in [5.74, 6) is 1.46. The molecule has 0 spiro atoms. The molecule has 0 bridgehead atoms. The number of hydrogen-bond acceptors (Lipinski definition) is 7. The number of nitrogens with two attached hydrogens (primary N) is 2. The first kappa shape index (κ1) is 23.9. The molecule has 1 fully saturated rings. The van der Waals surface area contributed by atoms with E-state index in [9.17, 15) is 4.79 Å². The summed E-state index contributed by atoms with van der Waals surface area (Å²) in [6.07, 6.45) is 3.23. The Balaban J connectivity index is 1.35. The molecule has 0 radical (unpaired) electrons. The van der Waals surface area contributed by atoms with Crippen molar-refractivity contribution in [1.29, 1.82) is 0 Å². The van der Waals surface area contributed by atoms with Crippen molar-refractivity contribution < 1.29 is 4.79 Å². The Morgan fingerprint density at radius 3 is 2.63 bits per heavy atom. The number of benzene rings is 2. The first-order valence-electron chi connectivity index (χ1n) is 12.9. The number of carbonyl (C=O) groups is 1. The molecule has 1 aliphatic heterocycles. The van der Waals surface area contributed by atoms with Gasteiger partial charge in [0, 0.05) is 35.7 Å². The van der Waals surface area contributed by atoms with Gasteiger partial charge in [0.15, 0.2) is 5.82 Å². The van der Waals surface area contributed by atoms with Crippen LogP contribution in [0.2, 0.25) is 0 Å². The average molecular weight is 510 g/mol. The monoisotopic (exact) mass is 509 g/mol. The van der Waals surface area contributed by atoms with Crippen LogP contribution >= 0.6 is 0 Å². The van der Waals surface area contributed by atoms with E-state index >= 15 is 0 Å². The lowest BCUT2D eigenvalue weighted by Gasteiger charge is -2.31. The summed E-state index contributed by atoms with van der Waals surface area (Å²) in [7, 11) is 1.79. The van der Waals surface area contributed by atoms with E-state index in [1.165, 1.54) is 6.33 Å². The highest BCUT2D eigenvalue weighted by Gasteiger charge is 2.27. The number of nitrogens with zero attached hydrogens (tertiary/aromatic N) is 6. The van der Waals surface area contributed by atoms with E-state index in [1.54, 1.807) is 7.05 Å². The van der Waals surface area contributed by atoms with Gasteiger partial charge in [-0.3, -0.25) is 4.79 Å². The molecule has 0 atom stereocenters. The number of likely N-dealkylation sites (N-methyl/N-ethyl adjacent to an activating group) is 1. The minimum atomic E-state index is 0.137. The third kappa shape index (κ3) is 4.22. The highest BCUT2D eigenvalue weighted by Crippen LogP contribution is 2.38. The third-order valence-electron chi connectivity index (χ3n) is 7.47. The van der Waals surface area contributed by atoms with Crippen LogP contribution in [0.25, 0.3) is 27.5 Å². The summed E-state index contributed by atoms with van der Waals surface area (Å²) in [5, 5.41) is 13.2. The molecule has 0 aliphatic carbocycles. The quantitative estimate of drug-likeness (QED) is 0.321. The smallest absolute Gasteiger partial charge is 0.236 e. The number of anilines is 2. The average Bonchev–Trinajstić information content (AvgIpc) is 3.48. The lowest BCUT2D eigenvalue weighted by Crippen LogP contribution is -2.42. The van der Waals surface area contributed by atoms with Crippen molar-refractivity contribution in [2.45, 2.75) is 25.3 Å². The van der Waals surface area contributed by atoms with Gasteiger partial charge in [-0.15, -0.1) is 0 Å². The van der Waals surface area contributed by atoms with Crippen LogP contribution in [0, 0.1) is 0 Å². The van der Waals surface area contributed by atoms with Crippen molar-refractivity contribution in [2.75, 3.05) is 38.1 Å². The minimum Gasteiger partial charge on any atom is -0.383 e. The second-order valence-corrected chi connectivity index (χ2v) is 9.83. The molecular formula is C28H31N9O. The van der Waals surface area contributed by atoms with E-state index in [1.807, 2.05) is 38.4 Å². The maximum atomic E-state index is 12.3. The third-order valence-corrected chi connectivity index (χ3v) is 7.47. The zero-order valence-electron chi connectivity index (χ0n) is 21.3. The molecule has 194 valence electrons. The summed E-state index contributed by atoms with van der Waals surface area (Å²) in [5.41, 5.74) is 18.6. The fraction of sp³-hybridized carbons (Fsp3) is 0.286. The summed E-state index contributed by atoms with van der Waals surface area (Å²) in [4.78, 5) is 18.5. The van der Waals surface area contributed by atoms with Crippen LogP contribution in [0.4, 0.5) is 11.6 Å². The molecule has 4 heterocycles. The molecule has 6 rings (SSSR count). The van der Waals surface area contributed by atoms with Crippen LogP contribution in [0.15, 0.2) is 60.9 Å². The summed E-state index contributed by atoms with van der Waals surface area (Å²) in [6, 6.07) is 18.4. The fourth-order valence-electron chi connectivity index (χ4n) is 5.49. The van der Waals surface area contributed by atoms with E-state index < -0.39 is 0 Å². The maximum Gasteiger partial charge on any atom is 0.236 e. The van der Waals surface area contributed by atoms with E-state index in [4.69, 9.17) is 16.6 Å². The first-order chi connectivity index (χ1) is 18.5. The first-order valence-corrected chi connectivity index (χ1v) is 12.9. The van der Waals surface area contributed by atoms with Crippen LogP contribution in [0.3, 0.4) is 0 Å². The number of aromatic nitrogens is 5. The molecule has 1 amide bonds. The highest BCUT2D eigenvalue weighted by molar-refractivity contribution is 5.96. The van der Waals surface area contributed by atoms with Gasteiger partial charge in [0.25, 0.3) is 0 Å². The van der Waals surface area contributed by atoms with Crippen molar-refractivity contribution in [3.05, 3.63) is 72.2 Å². The van der Waals surface area contributed by atoms with Crippen molar-refractivity contribution in [2.24, 2.45) is 0 Å². The number of likely N-dealkylation sites (tertiary alicyclic amines) is 1. The maximum absolute atomic E-state index is 12.3. The van der Waals surface area contributed by atoms with Gasteiger partial charge >= 0.3 is 0 Å². The van der Waals surface area contributed by atoms with Crippen molar-refractivity contribution in [3.63, 3.8) is 0 Å². The number of fused-ring (bicyclic) bond motifs is 2. The van der Waals surface area contributed by atoms with Gasteiger partial charge < -0.3 is 21.7 Å². The van der Waals surface area contributed by atoms with Gasteiger partial charge in [-0.25, -0.2) is 14.2 Å². The molecule has 10 heteroatoms. The van der Waals surface area contributed by atoms with Crippen molar-refractivity contribution in [3.8, 4) is 11.1 Å². The molecule has 3 aromatic heterocycles. The number of piperidine rings is 1. The fourth-order valence-corrected chi connectivity index (χ4v) is 5.49. The normalized spacial score (nSPS) is 14.5. The molecule has 38 heavy (non-hydrogen) atoms. The number of carbonyl (C=O) groups excluding carboxylic acids is 1. The number of nitrogens with one attached hydrogen (secondary N) is 1. The zero-order valence-corrected chi connectivity index (χ0v) is 21.3. The van der Waals surface area contributed by atoms with E-state index in [0.717, 1.165) is 64.7 Å². The molecule has 0 unspecified atom stereocenters. The predicted octanol–water partition coefficient (Wildman–Crippen LogP) is 2.88. The Labute approximate surface area is 220 Å². The Hall–Kier alpha value is -4.44. The summed E-state index contributed by atoms with van der Waals surface area (Å²) in [6.45, 7) is 2.41. The molecule has 5 N–H and O–H groups in total. The van der Waals surface area contributed by atoms with Gasteiger partial charge in [-0.05, 0) is 49.2 Å². The van der Waals surface area contributed by atoms with E-state index in [2.05, 4.69) is 45.7 Å². The molecule has 2 aromatic carbocycles. The zero-order chi connectivity index (χ0) is 26.2. The second-order valence-electron chi connectivity index (χ2n) is 9.83. The molecule has 10 nitrogen and oxygen atoms in total. The van der Waals surface area contributed by atoms with Gasteiger partial charge in [-0.2, -0.15) is 10.2 Å². The molecule has 1 saturated heterocycles. The Bertz CT molecular complexity index is 1610. The lowest BCUT2D eigenvalue weighted by atomic mass is 9.93. The standard InChI is InChI=1S/C28H31N9O/c1-31-15-25(38)35-11-9-19(10-12-35)24-14-22(26-27(29)32-17-33-37(24)26)20-7-8-21-23(13-20)34-36(28(21)30)16-18-5-3-2-4-6-18/h2-8,13-14,17,19,31H,9-12,15-16,30H2,1H3,(H2,29,32,33). The van der Waals surface area contributed by atoms with Crippen LogP contribution in [0.1, 0.15) is 30.0 Å². The Kier molecular flexibility index (Phi) is 6.16. The van der Waals surface area contributed by atoms with E-state index in [-0.39, 0.29) is 11.8 Å². The minimum absolute atomic E-state index is 0.137. The molecular weight excluding hydrogens is 478 g/mol. The Morgan fingerprint density at radius 1 is 1.08 bits per heavy atom. The SMILES string of the molecule is CNCC(=O)N1CCC(c2cc(-c3ccc4c(N)n(Cc5ccccc5)nc4c3)c3c(N)ncnn23)CC1. The number of amides is 1. The molecule has 1 aliphatic rings. The van der Waals surface area contributed by atoms with Crippen LogP contribution in [0.5, 0.6) is 0 Å².